The molecule has 0 aliphatic carbocycles. The number of halogens is 3. The molecule has 1 aromatic rings. The number of rotatable bonds is 9. The SMILES string of the molecule is CCCCn1c(N)c(N(CCOC)C(=O)CSC(F)(F)F)c(=O)[nH]c1=O. The van der Waals surface area contributed by atoms with Gasteiger partial charge < -0.3 is 15.4 Å². The van der Waals surface area contributed by atoms with Gasteiger partial charge in [0.15, 0.2) is 5.69 Å². The van der Waals surface area contributed by atoms with Gasteiger partial charge in [0.2, 0.25) is 5.91 Å². The Morgan fingerprint density at radius 1 is 1.38 bits per heavy atom. The van der Waals surface area contributed by atoms with E-state index >= 15 is 0 Å². The summed E-state index contributed by atoms with van der Waals surface area (Å²) in [5, 5.41) is 0. The maximum atomic E-state index is 12.4. The minimum Gasteiger partial charge on any atom is -0.383 e. The van der Waals surface area contributed by atoms with Crippen molar-refractivity contribution in [3.05, 3.63) is 20.8 Å². The van der Waals surface area contributed by atoms with Crippen LogP contribution in [0.15, 0.2) is 9.59 Å². The number of aromatic nitrogens is 2. The Kier molecular flexibility index (Phi) is 8.21. The predicted octanol–water partition coefficient (Wildman–Crippen LogP) is 1.15. The van der Waals surface area contributed by atoms with Gasteiger partial charge in [-0.05, 0) is 18.2 Å². The van der Waals surface area contributed by atoms with Crippen molar-refractivity contribution in [2.24, 2.45) is 0 Å². The standard InChI is InChI=1S/C14H21F3N4O4S/c1-3-4-5-21-11(18)10(12(23)19-13(21)24)20(6-7-25-2)9(22)8-26-14(15,16)17/h3-8,18H2,1-2H3,(H,19,23,24). The third-order valence-corrected chi connectivity index (χ3v) is 4.12. The van der Waals surface area contributed by atoms with Crippen molar-refractivity contribution < 1.29 is 22.7 Å². The highest BCUT2D eigenvalue weighted by atomic mass is 32.2. The van der Waals surface area contributed by atoms with Crippen LogP contribution in [0.3, 0.4) is 0 Å². The zero-order valence-corrected chi connectivity index (χ0v) is 15.2. The lowest BCUT2D eigenvalue weighted by Crippen LogP contribution is -2.43. The molecule has 0 saturated heterocycles. The molecule has 0 atom stereocenters. The summed E-state index contributed by atoms with van der Waals surface area (Å²) in [5.41, 5.74) is -0.740. The second-order valence-electron chi connectivity index (χ2n) is 5.27. The average Bonchev–Trinajstić information content (AvgIpc) is 2.54. The number of methoxy groups -OCH3 is 1. The fourth-order valence-corrected chi connectivity index (χ4v) is 2.58. The van der Waals surface area contributed by atoms with Gasteiger partial charge in [-0.3, -0.25) is 19.1 Å². The Morgan fingerprint density at radius 2 is 2.04 bits per heavy atom. The van der Waals surface area contributed by atoms with E-state index in [9.17, 15) is 27.6 Å². The Labute approximate surface area is 151 Å². The summed E-state index contributed by atoms with van der Waals surface area (Å²) in [6.45, 7) is 1.87. The molecule has 1 rings (SSSR count). The first kappa shape index (κ1) is 22.1. The Hall–Kier alpha value is -1.95. The number of carbonyl (C=O) groups excluding carboxylic acids is 1. The van der Waals surface area contributed by atoms with Gasteiger partial charge in [0, 0.05) is 20.2 Å². The minimum atomic E-state index is -4.60. The van der Waals surface area contributed by atoms with Crippen molar-refractivity contribution in [2.45, 2.75) is 31.8 Å². The van der Waals surface area contributed by atoms with Crippen LogP contribution in [0.25, 0.3) is 0 Å². The molecule has 148 valence electrons. The van der Waals surface area contributed by atoms with E-state index in [2.05, 4.69) is 0 Å². The van der Waals surface area contributed by atoms with Crippen molar-refractivity contribution in [3.63, 3.8) is 0 Å². The smallest absolute Gasteiger partial charge is 0.383 e. The van der Waals surface area contributed by atoms with E-state index in [0.717, 1.165) is 15.9 Å². The summed E-state index contributed by atoms with van der Waals surface area (Å²) in [6.07, 6.45) is 1.33. The number of hydrogen-bond acceptors (Lipinski definition) is 6. The van der Waals surface area contributed by atoms with Gasteiger partial charge in [0.25, 0.3) is 5.56 Å². The number of unbranched alkanes of at least 4 members (excludes halogenated alkanes) is 1. The fraction of sp³-hybridized carbons (Fsp3) is 0.643. The second kappa shape index (κ2) is 9.67. The van der Waals surface area contributed by atoms with Crippen molar-refractivity contribution in [2.75, 3.05) is 36.6 Å². The molecular formula is C14H21F3N4O4S. The zero-order valence-electron chi connectivity index (χ0n) is 14.4. The van der Waals surface area contributed by atoms with Crippen LogP contribution >= 0.6 is 11.8 Å². The van der Waals surface area contributed by atoms with Gasteiger partial charge in [0.05, 0.1) is 12.4 Å². The lowest BCUT2D eigenvalue weighted by atomic mass is 10.3. The molecule has 0 aliphatic heterocycles. The van der Waals surface area contributed by atoms with Crippen LogP contribution < -0.4 is 21.9 Å². The molecular weight excluding hydrogens is 377 g/mol. The monoisotopic (exact) mass is 398 g/mol. The molecule has 26 heavy (non-hydrogen) atoms. The number of alkyl halides is 3. The van der Waals surface area contributed by atoms with E-state index in [1.54, 1.807) is 0 Å². The van der Waals surface area contributed by atoms with Crippen LogP contribution in [0.2, 0.25) is 0 Å². The first-order valence-corrected chi connectivity index (χ1v) is 8.73. The van der Waals surface area contributed by atoms with Gasteiger partial charge >= 0.3 is 11.2 Å². The average molecular weight is 398 g/mol. The number of nitrogens with one attached hydrogen (secondary N) is 1. The van der Waals surface area contributed by atoms with E-state index in [1.165, 1.54) is 7.11 Å². The number of nitrogens with two attached hydrogens (primary N) is 1. The van der Waals surface area contributed by atoms with E-state index in [-0.39, 0.29) is 31.2 Å². The summed E-state index contributed by atoms with van der Waals surface area (Å²) < 4.78 is 43.1. The predicted molar refractivity (Wildman–Crippen MR) is 93.4 cm³/mol. The molecule has 0 aliphatic rings. The van der Waals surface area contributed by atoms with Crippen LogP contribution in [0.1, 0.15) is 19.8 Å². The third-order valence-electron chi connectivity index (χ3n) is 3.40. The Morgan fingerprint density at radius 3 is 2.58 bits per heavy atom. The maximum Gasteiger partial charge on any atom is 0.442 e. The second-order valence-corrected chi connectivity index (χ2v) is 6.31. The number of anilines is 2. The van der Waals surface area contributed by atoms with Crippen molar-refractivity contribution in [3.8, 4) is 0 Å². The van der Waals surface area contributed by atoms with Crippen molar-refractivity contribution in [1.82, 2.24) is 9.55 Å². The first-order valence-electron chi connectivity index (χ1n) is 7.75. The molecule has 0 saturated carbocycles. The molecule has 0 bridgehead atoms. The van der Waals surface area contributed by atoms with Crippen molar-refractivity contribution >= 4 is 29.2 Å². The molecule has 12 heteroatoms. The highest BCUT2D eigenvalue weighted by Gasteiger charge is 2.32. The number of amides is 1. The number of thioether (sulfide) groups is 1. The molecule has 0 unspecified atom stereocenters. The first-order chi connectivity index (χ1) is 12.1. The summed E-state index contributed by atoms with van der Waals surface area (Å²) in [5.74, 6) is -2.17. The van der Waals surface area contributed by atoms with Crippen LogP contribution in [0.5, 0.6) is 0 Å². The Bertz CT molecular complexity index is 732. The quantitative estimate of drug-likeness (QED) is 0.646. The molecule has 0 fully saturated rings. The molecule has 0 radical (unpaired) electrons. The topological polar surface area (TPSA) is 110 Å². The van der Waals surface area contributed by atoms with E-state index in [1.807, 2.05) is 11.9 Å². The minimum absolute atomic E-state index is 0.0324. The normalized spacial score (nSPS) is 11.6. The number of hydrogen-bond donors (Lipinski definition) is 2. The number of nitrogen functional groups attached to an aromatic ring is 1. The van der Waals surface area contributed by atoms with Crippen molar-refractivity contribution in [1.29, 1.82) is 0 Å². The molecule has 1 aromatic heterocycles. The highest BCUT2D eigenvalue weighted by Crippen LogP contribution is 2.30. The molecule has 8 nitrogen and oxygen atoms in total. The van der Waals surface area contributed by atoms with Gasteiger partial charge in [0.1, 0.15) is 5.82 Å². The maximum absolute atomic E-state index is 12.4. The highest BCUT2D eigenvalue weighted by molar-refractivity contribution is 8.00. The lowest BCUT2D eigenvalue weighted by Gasteiger charge is -2.24. The largest absolute Gasteiger partial charge is 0.442 e. The van der Waals surface area contributed by atoms with E-state index in [0.29, 0.717) is 6.42 Å². The van der Waals surface area contributed by atoms with Crippen LogP contribution in [-0.2, 0) is 16.1 Å². The molecule has 3 N–H and O–H groups in total. The number of H-pyrrole nitrogens is 1. The summed E-state index contributed by atoms with van der Waals surface area (Å²) in [6, 6.07) is 0. The zero-order chi connectivity index (χ0) is 19.9. The lowest BCUT2D eigenvalue weighted by molar-refractivity contribution is -0.116. The number of ether oxygens (including phenoxy) is 1. The fourth-order valence-electron chi connectivity index (χ4n) is 2.14. The summed E-state index contributed by atoms with van der Waals surface area (Å²) in [4.78, 5) is 39.2. The Balaban J connectivity index is 3.30. The summed E-state index contributed by atoms with van der Waals surface area (Å²) >= 11 is -0.523. The molecule has 0 aromatic carbocycles. The summed E-state index contributed by atoms with van der Waals surface area (Å²) in [7, 11) is 1.34. The van der Waals surface area contributed by atoms with Gasteiger partial charge in [-0.2, -0.15) is 13.2 Å². The van der Waals surface area contributed by atoms with E-state index < -0.39 is 40.2 Å². The van der Waals surface area contributed by atoms with Crippen LogP contribution in [0.4, 0.5) is 24.7 Å². The molecule has 1 heterocycles. The third kappa shape index (κ3) is 6.09. The number of nitrogens with zero attached hydrogens (tertiary/aromatic N) is 2. The van der Waals surface area contributed by atoms with Gasteiger partial charge in [-0.25, -0.2) is 4.79 Å². The molecule has 1 amide bonds. The van der Waals surface area contributed by atoms with Crippen LogP contribution in [-0.4, -0.2) is 47.0 Å². The van der Waals surface area contributed by atoms with Gasteiger partial charge in [-0.1, -0.05) is 13.3 Å². The van der Waals surface area contributed by atoms with Crippen LogP contribution in [0, 0.1) is 0 Å². The van der Waals surface area contributed by atoms with Gasteiger partial charge in [-0.15, -0.1) is 0 Å². The molecule has 0 spiro atoms. The number of aromatic amines is 1. The van der Waals surface area contributed by atoms with E-state index in [4.69, 9.17) is 10.5 Å². The number of carbonyl (C=O) groups is 1.